The largest absolute Gasteiger partial charge is 0.350 e. The summed E-state index contributed by atoms with van der Waals surface area (Å²) in [5.74, 6) is -0.0825. The first kappa shape index (κ1) is 16.9. The lowest BCUT2D eigenvalue weighted by atomic mass is 9.96. The molecule has 0 aliphatic carbocycles. The number of carbonyl (C=O) groups excluding carboxylic acids is 1. The molecular formula is C14H23ClN2O. The summed E-state index contributed by atoms with van der Waals surface area (Å²) < 4.78 is 0. The van der Waals surface area contributed by atoms with Crippen molar-refractivity contribution in [2.45, 2.75) is 45.7 Å². The maximum atomic E-state index is 11.9. The molecule has 18 heavy (non-hydrogen) atoms. The van der Waals surface area contributed by atoms with E-state index >= 15 is 0 Å². The van der Waals surface area contributed by atoms with Crippen LogP contribution in [0, 0.1) is 6.92 Å². The molecule has 0 heterocycles. The van der Waals surface area contributed by atoms with E-state index in [-0.39, 0.29) is 18.3 Å². The number of nitrogens with one attached hydrogen (secondary N) is 1. The molecule has 1 unspecified atom stereocenters. The molecule has 0 aromatic heterocycles. The zero-order chi connectivity index (χ0) is 12.9. The predicted molar refractivity (Wildman–Crippen MR) is 77.8 cm³/mol. The summed E-state index contributed by atoms with van der Waals surface area (Å²) in [6.45, 7) is 6.38. The molecule has 1 aromatic carbocycles. The normalized spacial score (nSPS) is 13.3. The van der Waals surface area contributed by atoms with Crippen LogP contribution >= 0.6 is 12.4 Å². The fourth-order valence-corrected chi connectivity index (χ4v) is 1.84. The minimum absolute atomic E-state index is 0. The average molecular weight is 271 g/mol. The highest BCUT2D eigenvalue weighted by molar-refractivity contribution is 5.85. The van der Waals surface area contributed by atoms with Crippen molar-refractivity contribution in [1.82, 2.24) is 5.32 Å². The minimum Gasteiger partial charge on any atom is -0.350 e. The van der Waals surface area contributed by atoms with Gasteiger partial charge in [0.2, 0.25) is 5.91 Å². The fraction of sp³-hybridized carbons (Fsp3) is 0.500. The Labute approximate surface area is 116 Å². The van der Waals surface area contributed by atoms with Gasteiger partial charge in [-0.25, -0.2) is 0 Å². The van der Waals surface area contributed by atoms with Crippen molar-refractivity contribution in [2.75, 3.05) is 0 Å². The molecule has 0 radical (unpaired) electrons. The monoisotopic (exact) mass is 270 g/mol. The van der Waals surface area contributed by atoms with Gasteiger partial charge in [-0.1, -0.05) is 43.2 Å². The lowest BCUT2D eigenvalue weighted by Crippen LogP contribution is -2.51. The predicted octanol–water partition coefficient (Wildman–Crippen LogP) is 2.55. The molecule has 0 aliphatic rings. The summed E-state index contributed by atoms with van der Waals surface area (Å²) in [5, 5.41) is 2.89. The topological polar surface area (TPSA) is 55.1 Å². The third-order valence-electron chi connectivity index (χ3n) is 2.82. The standard InChI is InChI=1S/C14H22N2O.ClH/c1-4-8-14(3,15)13(17)16-10-12-7-5-6-11(2)9-12;/h5-7,9H,4,8,10,15H2,1-3H3,(H,16,17);1H. The van der Waals surface area contributed by atoms with E-state index in [1.807, 2.05) is 32.0 Å². The molecule has 0 spiro atoms. The number of hydrogen-bond acceptors (Lipinski definition) is 2. The van der Waals surface area contributed by atoms with Gasteiger partial charge in [0, 0.05) is 6.54 Å². The van der Waals surface area contributed by atoms with E-state index in [9.17, 15) is 4.79 Å². The Morgan fingerprint density at radius 1 is 1.44 bits per heavy atom. The van der Waals surface area contributed by atoms with Crippen LogP contribution < -0.4 is 11.1 Å². The molecule has 1 amide bonds. The van der Waals surface area contributed by atoms with Gasteiger partial charge >= 0.3 is 0 Å². The average Bonchev–Trinajstić information content (AvgIpc) is 2.26. The van der Waals surface area contributed by atoms with E-state index in [0.29, 0.717) is 13.0 Å². The SMILES string of the molecule is CCCC(C)(N)C(=O)NCc1cccc(C)c1.Cl. The van der Waals surface area contributed by atoms with Crippen LogP contribution in [-0.4, -0.2) is 11.4 Å². The lowest BCUT2D eigenvalue weighted by molar-refractivity contribution is -0.126. The molecular weight excluding hydrogens is 248 g/mol. The van der Waals surface area contributed by atoms with Gasteiger partial charge in [-0.15, -0.1) is 12.4 Å². The van der Waals surface area contributed by atoms with Crippen molar-refractivity contribution in [3.05, 3.63) is 35.4 Å². The molecule has 3 N–H and O–H groups in total. The van der Waals surface area contributed by atoms with Gasteiger partial charge in [-0.3, -0.25) is 4.79 Å². The smallest absolute Gasteiger partial charge is 0.240 e. The van der Waals surface area contributed by atoms with Crippen molar-refractivity contribution in [2.24, 2.45) is 5.73 Å². The molecule has 1 rings (SSSR count). The number of nitrogens with two attached hydrogens (primary N) is 1. The van der Waals surface area contributed by atoms with Crippen molar-refractivity contribution in [1.29, 1.82) is 0 Å². The second-order valence-electron chi connectivity index (χ2n) is 4.84. The second kappa shape index (κ2) is 7.39. The van der Waals surface area contributed by atoms with Crippen LogP contribution in [0.1, 0.15) is 37.8 Å². The van der Waals surface area contributed by atoms with E-state index in [1.165, 1.54) is 5.56 Å². The summed E-state index contributed by atoms with van der Waals surface area (Å²) in [4.78, 5) is 11.9. The number of benzene rings is 1. The Morgan fingerprint density at radius 3 is 2.67 bits per heavy atom. The van der Waals surface area contributed by atoms with Crippen molar-refractivity contribution in [3.8, 4) is 0 Å². The number of hydrogen-bond donors (Lipinski definition) is 2. The number of aryl methyl sites for hydroxylation is 1. The molecule has 0 aliphatic heterocycles. The Kier molecular flexibility index (Phi) is 6.96. The van der Waals surface area contributed by atoms with Crippen LogP contribution in [0.4, 0.5) is 0 Å². The first-order valence-electron chi connectivity index (χ1n) is 6.08. The lowest BCUT2D eigenvalue weighted by Gasteiger charge is -2.22. The number of amides is 1. The van der Waals surface area contributed by atoms with Gasteiger partial charge in [0.25, 0.3) is 0 Å². The van der Waals surface area contributed by atoms with Crippen LogP contribution in [0.2, 0.25) is 0 Å². The maximum Gasteiger partial charge on any atom is 0.240 e. The van der Waals surface area contributed by atoms with Crippen molar-refractivity contribution in [3.63, 3.8) is 0 Å². The van der Waals surface area contributed by atoms with Crippen molar-refractivity contribution < 1.29 is 4.79 Å². The quantitative estimate of drug-likeness (QED) is 0.864. The summed E-state index contributed by atoms with van der Waals surface area (Å²) in [6, 6.07) is 8.09. The Bertz CT molecular complexity index is 391. The minimum atomic E-state index is -0.765. The second-order valence-corrected chi connectivity index (χ2v) is 4.84. The van der Waals surface area contributed by atoms with Gasteiger partial charge in [-0.2, -0.15) is 0 Å². The van der Waals surface area contributed by atoms with E-state index in [1.54, 1.807) is 6.92 Å². The fourth-order valence-electron chi connectivity index (χ4n) is 1.84. The van der Waals surface area contributed by atoms with Crippen LogP contribution in [0.25, 0.3) is 0 Å². The van der Waals surface area contributed by atoms with Gasteiger partial charge < -0.3 is 11.1 Å². The van der Waals surface area contributed by atoms with Crippen LogP contribution in [-0.2, 0) is 11.3 Å². The molecule has 102 valence electrons. The van der Waals surface area contributed by atoms with Gasteiger partial charge in [0.1, 0.15) is 0 Å². The number of carbonyl (C=O) groups is 1. The Hall–Kier alpha value is -1.06. The molecule has 0 saturated carbocycles. The highest BCUT2D eigenvalue weighted by atomic mass is 35.5. The molecule has 3 nitrogen and oxygen atoms in total. The Morgan fingerprint density at radius 2 is 2.11 bits per heavy atom. The third kappa shape index (κ3) is 5.07. The zero-order valence-corrected chi connectivity index (χ0v) is 12.1. The van der Waals surface area contributed by atoms with Crippen molar-refractivity contribution >= 4 is 18.3 Å². The number of rotatable bonds is 5. The molecule has 0 bridgehead atoms. The van der Waals surface area contributed by atoms with E-state index in [4.69, 9.17) is 5.73 Å². The van der Waals surface area contributed by atoms with Gasteiger partial charge in [0.05, 0.1) is 5.54 Å². The molecule has 1 atom stereocenters. The van der Waals surface area contributed by atoms with Crippen LogP contribution in [0.15, 0.2) is 24.3 Å². The summed E-state index contributed by atoms with van der Waals surface area (Å²) in [7, 11) is 0. The molecule has 0 saturated heterocycles. The highest BCUT2D eigenvalue weighted by Crippen LogP contribution is 2.09. The van der Waals surface area contributed by atoms with E-state index < -0.39 is 5.54 Å². The van der Waals surface area contributed by atoms with Gasteiger partial charge in [0.15, 0.2) is 0 Å². The third-order valence-corrected chi connectivity index (χ3v) is 2.82. The van der Waals surface area contributed by atoms with Gasteiger partial charge in [-0.05, 0) is 25.8 Å². The molecule has 0 fully saturated rings. The first-order valence-corrected chi connectivity index (χ1v) is 6.08. The Balaban J connectivity index is 0.00000289. The molecule has 1 aromatic rings. The summed E-state index contributed by atoms with van der Waals surface area (Å²) >= 11 is 0. The van der Waals surface area contributed by atoms with E-state index in [2.05, 4.69) is 11.4 Å². The summed E-state index contributed by atoms with van der Waals surface area (Å²) in [5.41, 5.74) is 7.49. The van der Waals surface area contributed by atoms with E-state index in [0.717, 1.165) is 12.0 Å². The zero-order valence-electron chi connectivity index (χ0n) is 11.3. The number of halogens is 1. The molecule has 4 heteroatoms. The van der Waals surface area contributed by atoms with Crippen LogP contribution in [0.3, 0.4) is 0 Å². The highest BCUT2D eigenvalue weighted by Gasteiger charge is 2.26. The first-order chi connectivity index (χ1) is 7.95. The maximum absolute atomic E-state index is 11.9. The van der Waals surface area contributed by atoms with Crippen LogP contribution in [0.5, 0.6) is 0 Å². The summed E-state index contributed by atoms with van der Waals surface area (Å²) in [6.07, 6.45) is 1.61.